The van der Waals surface area contributed by atoms with Crippen LogP contribution in [0.25, 0.3) is 0 Å². The Kier molecular flexibility index (Phi) is 3.89. The lowest BCUT2D eigenvalue weighted by Gasteiger charge is -2.11. The molecule has 3 heteroatoms. The molecular weight excluding hydrogens is 306 g/mol. The number of hydrogen-bond donors (Lipinski definition) is 1. The van der Waals surface area contributed by atoms with Crippen LogP contribution >= 0.6 is 0 Å². The van der Waals surface area contributed by atoms with Gasteiger partial charge in [-0.3, -0.25) is 10.3 Å². The zero-order valence-corrected chi connectivity index (χ0v) is 13.6. The summed E-state index contributed by atoms with van der Waals surface area (Å²) >= 11 is 0. The second-order valence-corrected chi connectivity index (χ2v) is 6.11. The van der Waals surface area contributed by atoms with Crippen molar-refractivity contribution in [3.05, 3.63) is 107 Å². The molecule has 0 saturated carbocycles. The van der Waals surface area contributed by atoms with E-state index in [2.05, 4.69) is 23.5 Å². The molecule has 1 N–H and O–H groups in total. The van der Waals surface area contributed by atoms with Crippen molar-refractivity contribution in [3.63, 3.8) is 0 Å². The van der Waals surface area contributed by atoms with Gasteiger partial charge in [0, 0.05) is 6.21 Å². The van der Waals surface area contributed by atoms with Crippen LogP contribution in [0, 0.1) is 11.3 Å². The summed E-state index contributed by atoms with van der Waals surface area (Å²) in [7, 11) is 0. The predicted octanol–water partition coefficient (Wildman–Crippen LogP) is 4.17. The third-order valence-corrected chi connectivity index (χ3v) is 4.50. The van der Waals surface area contributed by atoms with Gasteiger partial charge in [0.25, 0.3) is 0 Å². The summed E-state index contributed by atoms with van der Waals surface area (Å²) in [6.07, 6.45) is 1.91. The van der Waals surface area contributed by atoms with E-state index in [9.17, 15) is 0 Å². The molecular formula is C22H17N3. The Bertz CT molecular complexity index is 925. The molecule has 0 radical (unpaired) electrons. The van der Waals surface area contributed by atoms with E-state index in [0.717, 1.165) is 11.1 Å². The quantitative estimate of drug-likeness (QED) is 0.578. The maximum atomic E-state index is 9.03. The molecule has 1 aliphatic rings. The summed E-state index contributed by atoms with van der Waals surface area (Å²) in [5, 5.41) is 12.6. The highest BCUT2D eigenvalue weighted by Gasteiger charge is 2.55. The summed E-state index contributed by atoms with van der Waals surface area (Å²) in [6, 6.07) is 30.4. The van der Waals surface area contributed by atoms with Gasteiger partial charge >= 0.3 is 0 Å². The number of nitriles is 1. The van der Waals surface area contributed by atoms with Crippen molar-refractivity contribution in [2.75, 3.05) is 0 Å². The Morgan fingerprint density at radius 1 is 0.880 bits per heavy atom. The average Bonchev–Trinajstić information content (AvgIpc) is 3.44. The number of aliphatic imine (C=N–C) groups is 1. The Hall–Kier alpha value is -3.22. The molecule has 25 heavy (non-hydrogen) atoms. The van der Waals surface area contributed by atoms with Crippen LogP contribution < -0.4 is 5.32 Å². The molecule has 0 aliphatic carbocycles. The number of hydrogen-bond acceptors (Lipinski definition) is 3. The van der Waals surface area contributed by atoms with Crippen LogP contribution in [0.3, 0.4) is 0 Å². The highest BCUT2D eigenvalue weighted by molar-refractivity contribution is 5.80. The van der Waals surface area contributed by atoms with E-state index < -0.39 is 5.66 Å². The van der Waals surface area contributed by atoms with Gasteiger partial charge in [-0.2, -0.15) is 5.26 Å². The van der Waals surface area contributed by atoms with Crippen LogP contribution in [0.5, 0.6) is 0 Å². The molecule has 0 aromatic heterocycles. The van der Waals surface area contributed by atoms with Crippen LogP contribution in [0.15, 0.2) is 89.9 Å². The van der Waals surface area contributed by atoms with Crippen LogP contribution in [-0.2, 0) is 5.66 Å². The maximum Gasteiger partial charge on any atom is 0.156 e. The molecule has 1 fully saturated rings. The number of nitrogens with one attached hydrogen (secondary N) is 1. The lowest BCUT2D eigenvalue weighted by Crippen LogP contribution is -2.11. The average molecular weight is 323 g/mol. The Labute approximate surface area is 147 Å². The van der Waals surface area contributed by atoms with Crippen LogP contribution in [0.2, 0.25) is 0 Å². The lowest BCUT2D eigenvalue weighted by molar-refractivity contribution is 0.695. The minimum atomic E-state index is -0.481. The van der Waals surface area contributed by atoms with E-state index in [4.69, 9.17) is 10.3 Å². The molecule has 4 rings (SSSR count). The topological polar surface area (TPSA) is 58.1 Å². The van der Waals surface area contributed by atoms with Gasteiger partial charge in [-0.25, -0.2) is 0 Å². The van der Waals surface area contributed by atoms with E-state index in [1.165, 1.54) is 5.56 Å². The normalized spacial score (nSPS) is 21.8. The predicted molar refractivity (Wildman–Crippen MR) is 99.2 cm³/mol. The molecule has 2 atom stereocenters. The molecule has 0 bridgehead atoms. The second-order valence-electron chi connectivity index (χ2n) is 6.11. The fourth-order valence-corrected chi connectivity index (χ4v) is 3.10. The van der Waals surface area contributed by atoms with Gasteiger partial charge in [-0.15, -0.1) is 0 Å². The zero-order chi connectivity index (χ0) is 17.1. The Balaban J connectivity index is 1.72. The standard InChI is InChI=1S/C22H17N3/c23-15-17-11-13-20(14-12-17)22(24-16-18-7-3-1-4-8-18)21(25-22)19-9-5-2-6-10-19/h1-14,16,21,25H/t21?,22-/m1/s1. The largest absolute Gasteiger partial charge is 0.277 e. The Morgan fingerprint density at radius 3 is 2.16 bits per heavy atom. The summed E-state index contributed by atoms with van der Waals surface area (Å²) in [4.78, 5) is 4.90. The molecule has 1 unspecified atom stereocenters. The van der Waals surface area contributed by atoms with E-state index in [1.807, 2.05) is 79.0 Å². The lowest BCUT2D eigenvalue weighted by atomic mass is 9.98. The summed E-state index contributed by atoms with van der Waals surface area (Å²) in [5.74, 6) is 0. The molecule has 3 aromatic rings. The molecule has 1 aliphatic heterocycles. The maximum absolute atomic E-state index is 9.03. The minimum Gasteiger partial charge on any atom is -0.277 e. The van der Waals surface area contributed by atoms with Crippen LogP contribution in [0.1, 0.15) is 28.3 Å². The fourth-order valence-electron chi connectivity index (χ4n) is 3.10. The van der Waals surface area contributed by atoms with Crippen molar-refractivity contribution in [2.45, 2.75) is 11.7 Å². The first-order valence-corrected chi connectivity index (χ1v) is 8.25. The van der Waals surface area contributed by atoms with Gasteiger partial charge in [0.1, 0.15) is 0 Å². The van der Waals surface area contributed by atoms with Gasteiger partial charge in [0.2, 0.25) is 0 Å². The minimum absolute atomic E-state index is 0.126. The van der Waals surface area contributed by atoms with E-state index in [-0.39, 0.29) is 6.04 Å². The molecule has 0 amide bonds. The zero-order valence-electron chi connectivity index (χ0n) is 13.6. The first kappa shape index (κ1) is 15.3. The summed E-state index contributed by atoms with van der Waals surface area (Å²) in [6.45, 7) is 0. The molecule has 1 heterocycles. The second kappa shape index (κ2) is 6.35. The third-order valence-electron chi connectivity index (χ3n) is 4.50. The van der Waals surface area contributed by atoms with Gasteiger partial charge in [-0.1, -0.05) is 72.8 Å². The van der Waals surface area contributed by atoms with Crippen molar-refractivity contribution in [1.29, 1.82) is 5.26 Å². The van der Waals surface area contributed by atoms with E-state index in [0.29, 0.717) is 5.56 Å². The number of nitrogens with zero attached hydrogens (tertiary/aromatic N) is 2. The van der Waals surface area contributed by atoms with Crippen LogP contribution in [-0.4, -0.2) is 6.21 Å². The van der Waals surface area contributed by atoms with E-state index in [1.54, 1.807) is 0 Å². The Morgan fingerprint density at radius 2 is 1.52 bits per heavy atom. The summed E-state index contributed by atoms with van der Waals surface area (Å²) in [5.41, 5.74) is 3.51. The van der Waals surface area contributed by atoms with Gasteiger partial charge in [0.05, 0.1) is 17.7 Å². The highest BCUT2D eigenvalue weighted by atomic mass is 15.3. The molecule has 3 aromatic carbocycles. The monoisotopic (exact) mass is 323 g/mol. The molecule has 120 valence electrons. The van der Waals surface area contributed by atoms with Gasteiger partial charge in [0.15, 0.2) is 5.66 Å². The van der Waals surface area contributed by atoms with Gasteiger partial charge in [-0.05, 0) is 28.8 Å². The van der Waals surface area contributed by atoms with Gasteiger partial charge < -0.3 is 0 Å². The SMILES string of the molecule is N#Cc1ccc([C@@]2(N=Cc3ccccc3)NC2c2ccccc2)cc1. The first-order chi connectivity index (χ1) is 12.3. The fraction of sp³-hybridized carbons (Fsp3) is 0.0909. The number of benzene rings is 3. The molecule has 3 nitrogen and oxygen atoms in total. The third kappa shape index (κ3) is 2.96. The number of rotatable bonds is 4. The van der Waals surface area contributed by atoms with Crippen molar-refractivity contribution >= 4 is 6.21 Å². The molecule has 1 saturated heterocycles. The van der Waals surface area contributed by atoms with Crippen molar-refractivity contribution in [3.8, 4) is 6.07 Å². The summed E-state index contributed by atoms with van der Waals surface area (Å²) < 4.78 is 0. The van der Waals surface area contributed by atoms with Crippen molar-refractivity contribution in [2.24, 2.45) is 4.99 Å². The molecule has 0 spiro atoms. The van der Waals surface area contributed by atoms with E-state index >= 15 is 0 Å². The highest BCUT2D eigenvalue weighted by Crippen LogP contribution is 2.49. The van der Waals surface area contributed by atoms with Crippen LogP contribution in [0.4, 0.5) is 0 Å². The van der Waals surface area contributed by atoms with Crippen molar-refractivity contribution < 1.29 is 0 Å². The smallest absolute Gasteiger partial charge is 0.156 e. The first-order valence-electron chi connectivity index (χ1n) is 8.25. The van der Waals surface area contributed by atoms with Crippen molar-refractivity contribution in [1.82, 2.24) is 5.32 Å².